The molecule has 136 valence electrons. The molecule has 0 heterocycles. The lowest BCUT2D eigenvalue weighted by atomic mass is 10.1. The molecule has 0 aromatic heterocycles. The predicted molar refractivity (Wildman–Crippen MR) is 98.8 cm³/mol. The van der Waals surface area contributed by atoms with Crippen LogP contribution in [0.25, 0.3) is 0 Å². The molecule has 1 unspecified atom stereocenters. The third-order valence-electron chi connectivity index (χ3n) is 3.91. The summed E-state index contributed by atoms with van der Waals surface area (Å²) in [4.78, 5) is 4.40. The summed E-state index contributed by atoms with van der Waals surface area (Å²) in [6.45, 7) is 6.86. The number of rotatable bonds is 12. The highest BCUT2D eigenvalue weighted by molar-refractivity contribution is 5.46. The van der Waals surface area contributed by atoms with Crippen molar-refractivity contribution in [3.63, 3.8) is 0 Å². The van der Waals surface area contributed by atoms with Crippen molar-refractivity contribution in [1.29, 1.82) is 0 Å². The summed E-state index contributed by atoms with van der Waals surface area (Å²) < 4.78 is 10.9. The maximum atomic E-state index is 10.3. The van der Waals surface area contributed by atoms with Crippen LogP contribution in [0.4, 0.5) is 0 Å². The van der Waals surface area contributed by atoms with Gasteiger partial charge in [0, 0.05) is 31.7 Å². The van der Waals surface area contributed by atoms with Gasteiger partial charge in [-0.15, -0.1) is 6.58 Å². The molecule has 5 nitrogen and oxygen atoms in total. The molecular weight excluding hydrogens is 304 g/mol. The predicted octanol–water partition coefficient (Wildman–Crippen LogP) is 2.39. The second kappa shape index (κ2) is 11.1. The fourth-order valence-electron chi connectivity index (χ4n) is 2.60. The Morgan fingerprint density at radius 3 is 2.54 bits per heavy atom. The van der Waals surface area contributed by atoms with Crippen molar-refractivity contribution in [2.75, 3.05) is 47.9 Å². The Balaban J connectivity index is 2.85. The van der Waals surface area contributed by atoms with Gasteiger partial charge in [-0.05, 0) is 33.0 Å². The first-order chi connectivity index (χ1) is 11.5. The second-order valence-corrected chi connectivity index (χ2v) is 6.21. The van der Waals surface area contributed by atoms with Crippen molar-refractivity contribution in [3.8, 4) is 11.5 Å². The molecule has 0 spiro atoms. The number of likely N-dealkylation sites (N-methyl/N-ethyl adjacent to an activating group) is 1. The number of allylic oxidation sites excluding steroid dienone is 1. The zero-order valence-corrected chi connectivity index (χ0v) is 15.5. The van der Waals surface area contributed by atoms with Crippen molar-refractivity contribution in [2.45, 2.75) is 25.5 Å². The molecule has 0 aliphatic heterocycles. The summed E-state index contributed by atoms with van der Waals surface area (Å²) in [7, 11) is 7.41. The average Bonchev–Trinajstić information content (AvgIpc) is 2.57. The van der Waals surface area contributed by atoms with E-state index in [9.17, 15) is 5.11 Å². The molecular formula is C19H32N2O3. The van der Waals surface area contributed by atoms with Crippen LogP contribution in [0, 0.1) is 0 Å². The molecule has 1 rings (SSSR count). The van der Waals surface area contributed by atoms with E-state index in [0.29, 0.717) is 13.1 Å². The number of benzene rings is 1. The van der Waals surface area contributed by atoms with Crippen LogP contribution in [0.2, 0.25) is 0 Å². The number of nitrogens with zero attached hydrogens (tertiary/aromatic N) is 2. The van der Waals surface area contributed by atoms with Gasteiger partial charge in [0.2, 0.25) is 0 Å². The minimum absolute atomic E-state index is 0.359. The number of hydrogen-bond donors (Lipinski definition) is 1. The van der Waals surface area contributed by atoms with E-state index in [4.69, 9.17) is 9.47 Å². The van der Waals surface area contributed by atoms with E-state index in [2.05, 4.69) is 30.5 Å². The average molecular weight is 336 g/mol. The van der Waals surface area contributed by atoms with Crippen LogP contribution in [0.5, 0.6) is 11.5 Å². The first-order valence-corrected chi connectivity index (χ1v) is 8.37. The van der Waals surface area contributed by atoms with Crippen molar-refractivity contribution >= 4 is 0 Å². The molecule has 0 bridgehead atoms. The van der Waals surface area contributed by atoms with Crippen LogP contribution in [0.3, 0.4) is 0 Å². The maximum absolute atomic E-state index is 10.3. The molecule has 24 heavy (non-hydrogen) atoms. The van der Waals surface area contributed by atoms with E-state index in [-0.39, 0.29) is 6.10 Å². The summed E-state index contributed by atoms with van der Waals surface area (Å²) in [5.74, 6) is 1.49. The Bertz CT molecular complexity index is 492. The van der Waals surface area contributed by atoms with Gasteiger partial charge in [-0.25, -0.2) is 0 Å². The van der Waals surface area contributed by atoms with Crippen LogP contribution < -0.4 is 9.47 Å². The fraction of sp³-hybridized carbons (Fsp3) is 0.579. The van der Waals surface area contributed by atoms with Crippen molar-refractivity contribution in [2.24, 2.45) is 0 Å². The van der Waals surface area contributed by atoms with Gasteiger partial charge in [0.05, 0.1) is 20.3 Å². The van der Waals surface area contributed by atoms with Gasteiger partial charge < -0.3 is 19.5 Å². The molecule has 0 saturated heterocycles. The summed E-state index contributed by atoms with van der Waals surface area (Å²) in [6, 6.07) is 5.90. The lowest BCUT2D eigenvalue weighted by Crippen LogP contribution is -2.37. The van der Waals surface area contributed by atoms with E-state index in [1.807, 2.05) is 24.3 Å². The smallest absolute Gasteiger partial charge is 0.165 e. The van der Waals surface area contributed by atoms with Gasteiger partial charge in [0.25, 0.3) is 0 Å². The van der Waals surface area contributed by atoms with Gasteiger partial charge in [-0.3, -0.25) is 4.90 Å². The van der Waals surface area contributed by atoms with Crippen LogP contribution in [0.1, 0.15) is 18.4 Å². The Morgan fingerprint density at radius 2 is 1.96 bits per heavy atom. The normalized spacial score (nSPS) is 12.5. The number of hydrogen-bond acceptors (Lipinski definition) is 5. The van der Waals surface area contributed by atoms with Crippen LogP contribution in [-0.2, 0) is 6.54 Å². The highest BCUT2D eigenvalue weighted by atomic mass is 16.5. The molecule has 0 fully saturated rings. The van der Waals surface area contributed by atoms with Crippen LogP contribution in [-0.4, -0.2) is 69.0 Å². The van der Waals surface area contributed by atoms with Crippen molar-refractivity contribution < 1.29 is 14.6 Å². The van der Waals surface area contributed by atoms with Crippen molar-refractivity contribution in [3.05, 3.63) is 36.4 Å². The van der Waals surface area contributed by atoms with Crippen LogP contribution >= 0.6 is 0 Å². The third-order valence-corrected chi connectivity index (χ3v) is 3.91. The number of aliphatic hydroxyl groups excluding tert-OH is 1. The molecule has 5 heteroatoms. The summed E-state index contributed by atoms with van der Waals surface area (Å²) >= 11 is 0. The van der Waals surface area contributed by atoms with Gasteiger partial charge in [-0.2, -0.15) is 0 Å². The van der Waals surface area contributed by atoms with Crippen molar-refractivity contribution in [1.82, 2.24) is 9.80 Å². The second-order valence-electron chi connectivity index (χ2n) is 6.21. The number of aliphatic hydroxyl groups is 1. The zero-order valence-electron chi connectivity index (χ0n) is 15.5. The fourth-order valence-corrected chi connectivity index (χ4v) is 2.60. The molecule has 1 aromatic rings. The Kier molecular flexibility index (Phi) is 9.45. The topological polar surface area (TPSA) is 45.2 Å². The zero-order chi connectivity index (χ0) is 17.9. The molecule has 1 N–H and O–H groups in total. The Morgan fingerprint density at radius 1 is 1.21 bits per heavy atom. The highest BCUT2D eigenvalue weighted by Gasteiger charge is 2.16. The van der Waals surface area contributed by atoms with Gasteiger partial charge >= 0.3 is 0 Å². The molecule has 0 radical (unpaired) electrons. The first-order valence-electron chi connectivity index (χ1n) is 8.37. The third kappa shape index (κ3) is 6.91. The quantitative estimate of drug-likeness (QED) is 0.594. The minimum atomic E-state index is -0.359. The van der Waals surface area contributed by atoms with E-state index >= 15 is 0 Å². The molecule has 0 aliphatic carbocycles. The molecule has 0 aliphatic rings. The summed E-state index contributed by atoms with van der Waals surface area (Å²) in [6.07, 6.45) is 3.04. The molecule has 1 atom stereocenters. The van der Waals surface area contributed by atoms with E-state index < -0.39 is 0 Å². The number of para-hydroxylation sites is 1. The maximum Gasteiger partial charge on any atom is 0.165 e. The van der Waals surface area contributed by atoms with E-state index in [0.717, 1.165) is 43.0 Å². The van der Waals surface area contributed by atoms with Gasteiger partial charge in [0.1, 0.15) is 0 Å². The summed E-state index contributed by atoms with van der Waals surface area (Å²) in [5.41, 5.74) is 1.06. The number of ether oxygens (including phenoxy) is 2. The number of methoxy groups -OCH3 is 2. The molecule has 0 amide bonds. The highest BCUT2D eigenvalue weighted by Crippen LogP contribution is 2.31. The van der Waals surface area contributed by atoms with Crippen LogP contribution in [0.15, 0.2) is 30.9 Å². The molecule has 1 aromatic carbocycles. The Labute approximate surface area is 146 Å². The van der Waals surface area contributed by atoms with Gasteiger partial charge in [0.15, 0.2) is 11.5 Å². The largest absolute Gasteiger partial charge is 0.493 e. The van der Waals surface area contributed by atoms with Gasteiger partial charge in [-0.1, -0.05) is 18.2 Å². The van der Waals surface area contributed by atoms with E-state index in [1.165, 1.54) is 0 Å². The Hall–Kier alpha value is -1.56. The molecule has 0 saturated carbocycles. The minimum Gasteiger partial charge on any atom is -0.493 e. The SMILES string of the molecule is C=CCCC(O)CN(CCN(C)C)Cc1cccc(OC)c1OC. The lowest BCUT2D eigenvalue weighted by Gasteiger charge is -2.27. The standard InChI is InChI=1S/C19H32N2O3/c1-6-7-10-17(22)15-21(13-12-20(2)3)14-16-9-8-11-18(23-4)19(16)24-5/h6,8-9,11,17,22H,1,7,10,12-15H2,2-5H3. The summed E-state index contributed by atoms with van der Waals surface area (Å²) in [5, 5.41) is 10.3. The first kappa shape index (κ1) is 20.5. The van der Waals surface area contributed by atoms with E-state index in [1.54, 1.807) is 14.2 Å². The lowest BCUT2D eigenvalue weighted by molar-refractivity contribution is 0.0975. The monoisotopic (exact) mass is 336 g/mol.